The second kappa shape index (κ2) is 11.8. The first-order chi connectivity index (χ1) is 16.2. The number of carbonyl (C=O) groups excluding carboxylic acids is 1. The molecule has 2 aliphatic heterocycles. The third kappa shape index (κ3) is 7.06. The molecule has 2 aromatic rings. The lowest BCUT2D eigenvalue weighted by molar-refractivity contribution is -0.128. The third-order valence-corrected chi connectivity index (χ3v) is 6.59. The minimum absolute atomic E-state index is 0.271. The summed E-state index contributed by atoms with van der Waals surface area (Å²) in [7, 11) is 1.80. The fraction of sp³-hybridized carbons (Fsp3) is 0.481. The van der Waals surface area contributed by atoms with Gasteiger partial charge in [-0.3, -0.25) is 14.7 Å². The van der Waals surface area contributed by atoms with Gasteiger partial charge in [0, 0.05) is 46.2 Å². The minimum Gasteiger partial charge on any atom is -0.352 e. The highest BCUT2D eigenvalue weighted by Gasteiger charge is 2.19. The monoisotopic (exact) mass is 447 g/mol. The Morgan fingerprint density at radius 1 is 0.758 bits per heavy atom. The molecule has 0 bridgehead atoms. The third-order valence-electron chi connectivity index (χ3n) is 6.59. The molecule has 2 fully saturated rings. The predicted octanol–water partition coefficient (Wildman–Crippen LogP) is 3.66. The normalized spacial score (nSPS) is 17.4. The summed E-state index contributed by atoms with van der Waals surface area (Å²) < 4.78 is 0. The molecule has 0 spiro atoms. The molecule has 176 valence electrons. The van der Waals surface area contributed by atoms with Crippen molar-refractivity contribution in [3.05, 3.63) is 70.8 Å². The molecule has 0 atom stereocenters. The molecule has 1 amide bonds. The predicted molar refractivity (Wildman–Crippen MR) is 134 cm³/mol. The van der Waals surface area contributed by atoms with Crippen LogP contribution in [0.3, 0.4) is 0 Å². The lowest BCUT2D eigenvalue weighted by Gasteiger charge is -2.26. The molecular weight excluding hydrogens is 410 g/mol. The fourth-order valence-electron chi connectivity index (χ4n) is 4.58. The first kappa shape index (κ1) is 23.3. The van der Waals surface area contributed by atoms with Crippen LogP contribution in [0, 0.1) is 0 Å². The van der Waals surface area contributed by atoms with Crippen LogP contribution in [0.1, 0.15) is 54.4 Å². The van der Waals surface area contributed by atoms with Crippen molar-refractivity contribution in [2.24, 2.45) is 4.99 Å². The molecule has 2 heterocycles. The molecule has 6 heteroatoms. The van der Waals surface area contributed by atoms with Gasteiger partial charge in [0.05, 0.1) is 0 Å². The van der Waals surface area contributed by atoms with Crippen LogP contribution in [0.25, 0.3) is 0 Å². The van der Waals surface area contributed by atoms with Crippen molar-refractivity contribution in [2.75, 3.05) is 26.7 Å². The average molecular weight is 448 g/mol. The summed E-state index contributed by atoms with van der Waals surface area (Å²) in [5.74, 6) is 1.06. The van der Waals surface area contributed by atoms with Gasteiger partial charge in [-0.2, -0.15) is 0 Å². The second-order valence-corrected chi connectivity index (χ2v) is 9.17. The van der Waals surface area contributed by atoms with Gasteiger partial charge in [0.25, 0.3) is 0 Å². The van der Waals surface area contributed by atoms with Crippen molar-refractivity contribution in [1.29, 1.82) is 0 Å². The average Bonchev–Trinajstić information content (AvgIpc) is 3.26. The van der Waals surface area contributed by atoms with E-state index in [0.29, 0.717) is 19.5 Å². The van der Waals surface area contributed by atoms with Crippen molar-refractivity contribution < 1.29 is 4.79 Å². The van der Waals surface area contributed by atoms with Gasteiger partial charge in [0.2, 0.25) is 5.91 Å². The maximum absolute atomic E-state index is 11.8. The molecule has 2 aliphatic rings. The van der Waals surface area contributed by atoms with Crippen LogP contribution in [0.4, 0.5) is 0 Å². The van der Waals surface area contributed by atoms with E-state index in [1.807, 2.05) is 4.90 Å². The van der Waals surface area contributed by atoms with E-state index in [-0.39, 0.29) is 5.91 Å². The Hall–Kier alpha value is -2.86. The number of carbonyl (C=O) groups is 1. The fourth-order valence-corrected chi connectivity index (χ4v) is 4.58. The summed E-state index contributed by atoms with van der Waals surface area (Å²) >= 11 is 0. The van der Waals surface area contributed by atoms with Gasteiger partial charge in [0.1, 0.15) is 0 Å². The van der Waals surface area contributed by atoms with Gasteiger partial charge in [0.15, 0.2) is 5.96 Å². The molecule has 2 N–H and O–H groups in total. The molecular formula is C27H37N5O. The van der Waals surface area contributed by atoms with Crippen molar-refractivity contribution in [1.82, 2.24) is 20.4 Å². The summed E-state index contributed by atoms with van der Waals surface area (Å²) in [5, 5.41) is 6.79. The van der Waals surface area contributed by atoms with E-state index in [1.54, 1.807) is 7.05 Å². The molecule has 6 nitrogen and oxygen atoms in total. The van der Waals surface area contributed by atoms with Crippen molar-refractivity contribution in [3.63, 3.8) is 0 Å². The highest BCUT2D eigenvalue weighted by molar-refractivity contribution is 5.79. The molecule has 33 heavy (non-hydrogen) atoms. The Morgan fingerprint density at radius 2 is 1.30 bits per heavy atom. The van der Waals surface area contributed by atoms with Crippen LogP contribution in [0.15, 0.2) is 53.5 Å². The van der Waals surface area contributed by atoms with Gasteiger partial charge in [-0.1, -0.05) is 55.0 Å². The number of likely N-dealkylation sites (tertiary alicyclic amines) is 2. The quantitative estimate of drug-likeness (QED) is 0.479. The van der Waals surface area contributed by atoms with E-state index in [4.69, 9.17) is 0 Å². The lowest BCUT2D eigenvalue weighted by Crippen LogP contribution is -2.36. The van der Waals surface area contributed by atoms with Crippen LogP contribution in [-0.2, 0) is 31.0 Å². The van der Waals surface area contributed by atoms with Crippen molar-refractivity contribution in [2.45, 2.75) is 58.3 Å². The number of aliphatic imine (C=N–C) groups is 1. The van der Waals surface area contributed by atoms with Gasteiger partial charge in [-0.05, 0) is 54.6 Å². The molecule has 0 aromatic heterocycles. The number of piperidine rings is 1. The Balaban J connectivity index is 1.19. The van der Waals surface area contributed by atoms with E-state index in [2.05, 4.69) is 69.1 Å². The topological polar surface area (TPSA) is 60.0 Å². The number of rotatable bonds is 8. The van der Waals surface area contributed by atoms with Crippen LogP contribution in [-0.4, -0.2) is 48.3 Å². The lowest BCUT2D eigenvalue weighted by atomic mass is 10.1. The largest absolute Gasteiger partial charge is 0.352 e. The molecule has 2 aromatic carbocycles. The van der Waals surface area contributed by atoms with Gasteiger partial charge in [-0.25, -0.2) is 0 Å². The van der Waals surface area contributed by atoms with Gasteiger partial charge >= 0.3 is 0 Å². The van der Waals surface area contributed by atoms with E-state index >= 15 is 0 Å². The highest BCUT2D eigenvalue weighted by atomic mass is 16.2. The second-order valence-electron chi connectivity index (χ2n) is 9.17. The number of amides is 1. The van der Waals surface area contributed by atoms with Crippen molar-refractivity contribution in [3.8, 4) is 0 Å². The molecule has 4 rings (SSSR count). The zero-order valence-electron chi connectivity index (χ0n) is 19.9. The molecule has 2 saturated heterocycles. The van der Waals surface area contributed by atoms with Crippen LogP contribution in [0.5, 0.6) is 0 Å². The van der Waals surface area contributed by atoms with Gasteiger partial charge in [-0.15, -0.1) is 0 Å². The van der Waals surface area contributed by atoms with Crippen LogP contribution < -0.4 is 10.6 Å². The Morgan fingerprint density at radius 3 is 1.82 bits per heavy atom. The Kier molecular flexibility index (Phi) is 8.36. The number of benzene rings is 2. The summed E-state index contributed by atoms with van der Waals surface area (Å²) in [6.07, 6.45) is 5.71. The number of nitrogens with zero attached hydrogens (tertiary/aromatic N) is 3. The van der Waals surface area contributed by atoms with E-state index in [1.165, 1.54) is 54.6 Å². The zero-order valence-corrected chi connectivity index (χ0v) is 19.9. The standard InChI is InChI=1S/C27H37N5O/c1-28-27(29-18-22-7-11-24(12-8-22)20-31-15-3-2-4-16-31)30-19-23-9-13-25(14-10-23)21-32-17-5-6-26(32)33/h7-14H,2-6,15-21H2,1H3,(H2,28,29,30). The molecule has 0 radical (unpaired) electrons. The highest BCUT2D eigenvalue weighted by Crippen LogP contribution is 2.15. The Labute approximate surface area is 198 Å². The molecule has 0 saturated carbocycles. The number of nitrogens with one attached hydrogen (secondary N) is 2. The number of guanidine groups is 1. The van der Waals surface area contributed by atoms with Gasteiger partial charge < -0.3 is 15.5 Å². The number of hydrogen-bond acceptors (Lipinski definition) is 3. The summed E-state index contributed by atoms with van der Waals surface area (Å²) in [6, 6.07) is 17.4. The summed E-state index contributed by atoms with van der Waals surface area (Å²) in [4.78, 5) is 20.7. The van der Waals surface area contributed by atoms with E-state index in [0.717, 1.165) is 32.0 Å². The minimum atomic E-state index is 0.271. The first-order valence-electron chi connectivity index (χ1n) is 12.3. The first-order valence-corrected chi connectivity index (χ1v) is 12.3. The molecule has 0 aliphatic carbocycles. The Bertz CT molecular complexity index is 917. The zero-order chi connectivity index (χ0) is 22.9. The molecule has 0 unspecified atom stereocenters. The summed E-state index contributed by atoms with van der Waals surface area (Å²) in [6.45, 7) is 6.56. The summed E-state index contributed by atoms with van der Waals surface area (Å²) in [5.41, 5.74) is 5.01. The maximum atomic E-state index is 11.8. The van der Waals surface area contributed by atoms with E-state index in [9.17, 15) is 4.79 Å². The maximum Gasteiger partial charge on any atom is 0.222 e. The van der Waals surface area contributed by atoms with Crippen LogP contribution >= 0.6 is 0 Å². The smallest absolute Gasteiger partial charge is 0.222 e. The number of hydrogen-bond donors (Lipinski definition) is 2. The van der Waals surface area contributed by atoms with Crippen molar-refractivity contribution >= 4 is 11.9 Å². The van der Waals surface area contributed by atoms with Crippen LogP contribution in [0.2, 0.25) is 0 Å². The van der Waals surface area contributed by atoms with E-state index < -0.39 is 0 Å². The SMILES string of the molecule is CN=C(NCc1ccc(CN2CCCCC2)cc1)NCc1ccc(CN2CCCC2=O)cc1.